The Kier molecular flexibility index (Phi) is 4.41. The molecule has 0 saturated heterocycles. The van der Waals surface area contributed by atoms with E-state index in [1.165, 1.54) is 23.5 Å². The lowest BCUT2D eigenvalue weighted by Gasteiger charge is -2.06. The number of hydrogen-bond donors (Lipinski definition) is 1. The quantitative estimate of drug-likeness (QED) is 0.573. The van der Waals surface area contributed by atoms with Crippen LogP contribution in [0.4, 0.5) is 9.52 Å². The molecular formula is C20H14FN3OS. The summed E-state index contributed by atoms with van der Waals surface area (Å²) in [5.41, 5.74) is 1.72. The van der Waals surface area contributed by atoms with Crippen LogP contribution in [-0.2, 0) is 11.2 Å². The fourth-order valence-corrected chi connectivity index (χ4v) is 3.53. The Balaban J connectivity index is 1.49. The second kappa shape index (κ2) is 7.01. The molecule has 4 rings (SSSR count). The molecule has 0 spiro atoms. The van der Waals surface area contributed by atoms with Crippen LogP contribution in [0.5, 0.6) is 0 Å². The lowest BCUT2D eigenvalue weighted by Crippen LogP contribution is -2.14. The monoisotopic (exact) mass is 363 g/mol. The lowest BCUT2D eigenvalue weighted by molar-refractivity contribution is -0.115. The summed E-state index contributed by atoms with van der Waals surface area (Å²) in [6.45, 7) is 0. The van der Waals surface area contributed by atoms with Crippen molar-refractivity contribution in [2.75, 3.05) is 5.32 Å². The van der Waals surface area contributed by atoms with Crippen LogP contribution < -0.4 is 5.32 Å². The Bertz CT molecular complexity index is 1070. The van der Waals surface area contributed by atoms with E-state index in [2.05, 4.69) is 15.5 Å². The van der Waals surface area contributed by atoms with E-state index < -0.39 is 0 Å². The maximum atomic E-state index is 13.0. The minimum Gasteiger partial charge on any atom is -0.300 e. The molecule has 0 saturated carbocycles. The number of carbonyl (C=O) groups is 1. The minimum absolute atomic E-state index is 0.150. The molecule has 128 valence electrons. The molecule has 3 aromatic carbocycles. The highest BCUT2D eigenvalue weighted by Crippen LogP contribution is 2.26. The predicted molar refractivity (Wildman–Crippen MR) is 102 cm³/mol. The van der Waals surface area contributed by atoms with Gasteiger partial charge in [-0.05, 0) is 40.6 Å². The highest BCUT2D eigenvalue weighted by molar-refractivity contribution is 7.18. The fraction of sp³-hybridized carbons (Fsp3) is 0.0500. The van der Waals surface area contributed by atoms with Crippen LogP contribution in [0, 0.1) is 5.82 Å². The Labute approximate surface area is 153 Å². The van der Waals surface area contributed by atoms with Gasteiger partial charge in [-0.1, -0.05) is 53.8 Å². The average Bonchev–Trinajstić information content (AvgIpc) is 3.11. The van der Waals surface area contributed by atoms with Crippen LogP contribution in [0.1, 0.15) is 5.56 Å². The number of nitrogens with zero attached hydrogens (tertiary/aromatic N) is 2. The third-order valence-corrected chi connectivity index (χ3v) is 4.88. The van der Waals surface area contributed by atoms with Crippen molar-refractivity contribution >= 4 is 33.1 Å². The summed E-state index contributed by atoms with van der Waals surface area (Å²) < 4.78 is 13.0. The van der Waals surface area contributed by atoms with Gasteiger partial charge in [-0.3, -0.25) is 4.79 Å². The summed E-state index contributed by atoms with van der Waals surface area (Å²) in [5, 5.41) is 14.1. The number of aromatic nitrogens is 2. The van der Waals surface area contributed by atoms with Crippen molar-refractivity contribution in [2.45, 2.75) is 6.42 Å². The number of halogens is 1. The van der Waals surface area contributed by atoms with Crippen molar-refractivity contribution in [1.29, 1.82) is 0 Å². The Morgan fingerprint density at radius 2 is 1.73 bits per heavy atom. The number of rotatable bonds is 4. The van der Waals surface area contributed by atoms with E-state index >= 15 is 0 Å². The zero-order valence-corrected chi connectivity index (χ0v) is 14.5. The standard InChI is InChI=1S/C20H14FN3OS/c21-16-10-8-14(9-11-16)19-23-24-20(26-19)22-18(25)12-15-6-3-5-13-4-1-2-7-17(13)15/h1-11H,12H2,(H,22,24,25). The predicted octanol–water partition coefficient (Wildman–Crippen LogP) is 4.68. The van der Waals surface area contributed by atoms with E-state index in [4.69, 9.17) is 0 Å². The second-order valence-corrected chi connectivity index (χ2v) is 6.76. The lowest BCUT2D eigenvalue weighted by atomic mass is 10.0. The number of carbonyl (C=O) groups excluding carboxylic acids is 1. The number of fused-ring (bicyclic) bond motifs is 1. The first-order valence-electron chi connectivity index (χ1n) is 8.05. The van der Waals surface area contributed by atoms with Crippen molar-refractivity contribution in [3.63, 3.8) is 0 Å². The minimum atomic E-state index is -0.304. The van der Waals surface area contributed by atoms with Crippen LogP contribution in [0.3, 0.4) is 0 Å². The van der Waals surface area contributed by atoms with Gasteiger partial charge >= 0.3 is 0 Å². The molecule has 1 amide bonds. The molecule has 0 fully saturated rings. The van der Waals surface area contributed by atoms with E-state index in [-0.39, 0.29) is 18.1 Å². The Hall–Kier alpha value is -3.12. The van der Waals surface area contributed by atoms with Crippen LogP contribution in [0.25, 0.3) is 21.3 Å². The summed E-state index contributed by atoms with van der Waals surface area (Å²) in [4.78, 5) is 12.4. The molecular weight excluding hydrogens is 349 g/mol. The average molecular weight is 363 g/mol. The van der Waals surface area contributed by atoms with Crippen LogP contribution in [0.15, 0.2) is 66.7 Å². The third kappa shape index (κ3) is 3.45. The van der Waals surface area contributed by atoms with Crippen LogP contribution in [-0.4, -0.2) is 16.1 Å². The molecule has 1 heterocycles. The molecule has 0 radical (unpaired) electrons. The zero-order valence-electron chi connectivity index (χ0n) is 13.6. The van der Waals surface area contributed by atoms with E-state index in [9.17, 15) is 9.18 Å². The number of amides is 1. The fourth-order valence-electron chi connectivity index (χ4n) is 2.77. The van der Waals surface area contributed by atoms with E-state index in [1.807, 2.05) is 42.5 Å². The van der Waals surface area contributed by atoms with Crippen molar-refractivity contribution < 1.29 is 9.18 Å². The van der Waals surface area contributed by atoms with Gasteiger partial charge in [0.25, 0.3) is 0 Å². The molecule has 1 N–H and O–H groups in total. The van der Waals surface area contributed by atoms with Crippen molar-refractivity contribution in [3.8, 4) is 10.6 Å². The van der Waals surface area contributed by atoms with E-state index in [0.29, 0.717) is 10.1 Å². The molecule has 1 aromatic heterocycles. The molecule has 0 atom stereocenters. The Morgan fingerprint density at radius 1 is 0.962 bits per heavy atom. The molecule has 26 heavy (non-hydrogen) atoms. The maximum absolute atomic E-state index is 13.0. The zero-order chi connectivity index (χ0) is 17.9. The highest BCUT2D eigenvalue weighted by atomic mass is 32.1. The van der Waals surface area contributed by atoms with Gasteiger partial charge in [-0.15, -0.1) is 10.2 Å². The molecule has 4 aromatic rings. The first-order valence-corrected chi connectivity index (χ1v) is 8.86. The third-order valence-electron chi connectivity index (χ3n) is 3.99. The molecule has 0 aliphatic rings. The summed E-state index contributed by atoms with van der Waals surface area (Å²) >= 11 is 1.26. The van der Waals surface area contributed by atoms with Crippen molar-refractivity contribution in [2.24, 2.45) is 0 Å². The molecule has 0 aliphatic heterocycles. The summed E-state index contributed by atoms with van der Waals surface area (Å²) in [5.74, 6) is -0.454. The van der Waals surface area contributed by atoms with Crippen molar-refractivity contribution in [3.05, 3.63) is 78.1 Å². The summed E-state index contributed by atoms with van der Waals surface area (Å²) in [6.07, 6.45) is 0.257. The number of nitrogens with one attached hydrogen (secondary N) is 1. The van der Waals surface area contributed by atoms with Gasteiger partial charge < -0.3 is 5.32 Å². The van der Waals surface area contributed by atoms with Gasteiger partial charge in [0.1, 0.15) is 10.8 Å². The molecule has 6 heteroatoms. The smallest absolute Gasteiger partial charge is 0.230 e. The van der Waals surface area contributed by atoms with Crippen molar-refractivity contribution in [1.82, 2.24) is 10.2 Å². The highest BCUT2D eigenvalue weighted by Gasteiger charge is 2.11. The van der Waals surface area contributed by atoms with Gasteiger partial charge in [0, 0.05) is 5.56 Å². The topological polar surface area (TPSA) is 54.9 Å². The molecule has 0 unspecified atom stereocenters. The maximum Gasteiger partial charge on any atom is 0.230 e. The van der Waals surface area contributed by atoms with Gasteiger partial charge in [-0.25, -0.2) is 4.39 Å². The van der Waals surface area contributed by atoms with E-state index in [0.717, 1.165) is 21.9 Å². The second-order valence-electron chi connectivity index (χ2n) is 5.78. The van der Waals surface area contributed by atoms with Gasteiger partial charge in [0.2, 0.25) is 11.0 Å². The van der Waals surface area contributed by atoms with Crippen LogP contribution >= 0.6 is 11.3 Å². The van der Waals surface area contributed by atoms with Gasteiger partial charge in [0.15, 0.2) is 0 Å². The number of anilines is 1. The first-order chi connectivity index (χ1) is 12.7. The summed E-state index contributed by atoms with van der Waals surface area (Å²) in [6, 6.07) is 19.9. The molecule has 0 aliphatic carbocycles. The largest absolute Gasteiger partial charge is 0.300 e. The molecule has 0 bridgehead atoms. The molecule has 4 nitrogen and oxygen atoms in total. The Morgan fingerprint density at radius 3 is 2.58 bits per heavy atom. The normalized spacial score (nSPS) is 10.8. The summed E-state index contributed by atoms with van der Waals surface area (Å²) in [7, 11) is 0. The SMILES string of the molecule is O=C(Cc1cccc2ccccc12)Nc1nnc(-c2ccc(F)cc2)s1. The first kappa shape index (κ1) is 16.4. The van der Waals surface area contributed by atoms with E-state index in [1.54, 1.807) is 12.1 Å². The van der Waals surface area contributed by atoms with Gasteiger partial charge in [0.05, 0.1) is 6.42 Å². The van der Waals surface area contributed by atoms with Gasteiger partial charge in [-0.2, -0.15) is 0 Å². The number of benzene rings is 3. The number of hydrogen-bond acceptors (Lipinski definition) is 4. The van der Waals surface area contributed by atoms with Crippen LogP contribution in [0.2, 0.25) is 0 Å².